The molecular weight excluding hydrogens is 196 g/mol. The van der Waals surface area contributed by atoms with Gasteiger partial charge < -0.3 is 16.2 Å². The number of carbonyl (C=O) groups is 2. The van der Waals surface area contributed by atoms with Gasteiger partial charge in [0.05, 0.1) is 0 Å². The second-order valence-corrected chi connectivity index (χ2v) is 4.02. The lowest BCUT2D eigenvalue weighted by Crippen LogP contribution is -2.48. The van der Waals surface area contributed by atoms with Crippen molar-refractivity contribution in [3.63, 3.8) is 0 Å². The van der Waals surface area contributed by atoms with Crippen molar-refractivity contribution in [2.75, 3.05) is 6.54 Å². The van der Waals surface area contributed by atoms with Crippen molar-refractivity contribution in [2.24, 2.45) is 11.7 Å². The van der Waals surface area contributed by atoms with Crippen LogP contribution in [0.1, 0.15) is 32.1 Å². The summed E-state index contributed by atoms with van der Waals surface area (Å²) < 4.78 is 0. The van der Waals surface area contributed by atoms with Crippen LogP contribution in [0.4, 0.5) is 0 Å². The fraction of sp³-hybridized carbons (Fsp3) is 0.800. The minimum Gasteiger partial charge on any atom is -0.474 e. The summed E-state index contributed by atoms with van der Waals surface area (Å²) in [6.45, 7) is 0.309. The van der Waals surface area contributed by atoms with Crippen LogP contribution in [0.15, 0.2) is 0 Å². The lowest BCUT2D eigenvalue weighted by atomic mass is 9.84. The van der Waals surface area contributed by atoms with Gasteiger partial charge >= 0.3 is 11.9 Å². The zero-order chi connectivity index (χ0) is 11.3. The molecule has 0 spiro atoms. The molecule has 1 amide bonds. The third-order valence-electron chi connectivity index (χ3n) is 2.98. The maximum Gasteiger partial charge on any atom is 0.394 e. The maximum absolute atomic E-state index is 11.0. The highest BCUT2D eigenvalue weighted by Gasteiger charge is 2.25. The van der Waals surface area contributed by atoms with E-state index in [0.717, 1.165) is 25.7 Å². The molecule has 0 bridgehead atoms. The van der Waals surface area contributed by atoms with E-state index in [9.17, 15) is 9.59 Å². The van der Waals surface area contributed by atoms with Crippen molar-refractivity contribution >= 4 is 11.9 Å². The number of amides is 1. The van der Waals surface area contributed by atoms with Crippen LogP contribution >= 0.6 is 0 Å². The van der Waals surface area contributed by atoms with Gasteiger partial charge in [-0.1, -0.05) is 19.3 Å². The molecule has 0 aromatic carbocycles. The van der Waals surface area contributed by atoms with Crippen LogP contribution in [0.25, 0.3) is 0 Å². The van der Waals surface area contributed by atoms with E-state index in [1.165, 1.54) is 6.42 Å². The summed E-state index contributed by atoms with van der Waals surface area (Å²) >= 11 is 0. The number of carbonyl (C=O) groups excluding carboxylic acids is 1. The monoisotopic (exact) mass is 214 g/mol. The molecule has 0 radical (unpaired) electrons. The van der Waals surface area contributed by atoms with Gasteiger partial charge in [0.25, 0.3) is 0 Å². The van der Waals surface area contributed by atoms with Gasteiger partial charge in [0.1, 0.15) is 0 Å². The summed E-state index contributed by atoms with van der Waals surface area (Å²) in [5, 5.41) is 10.9. The first-order valence-electron chi connectivity index (χ1n) is 5.39. The first-order chi connectivity index (χ1) is 7.15. The van der Waals surface area contributed by atoms with Crippen molar-refractivity contribution < 1.29 is 14.7 Å². The fourth-order valence-electron chi connectivity index (χ4n) is 2.14. The highest BCUT2D eigenvalue weighted by atomic mass is 16.4. The van der Waals surface area contributed by atoms with E-state index in [1.807, 2.05) is 0 Å². The Morgan fingerprint density at radius 1 is 1.33 bits per heavy atom. The molecule has 1 rings (SSSR count). The molecule has 1 atom stereocenters. The van der Waals surface area contributed by atoms with Gasteiger partial charge in [-0.2, -0.15) is 0 Å². The van der Waals surface area contributed by atoms with Gasteiger partial charge in [-0.05, 0) is 18.8 Å². The molecule has 1 aliphatic rings. The quantitative estimate of drug-likeness (QED) is 0.581. The number of aliphatic carboxylic acids is 1. The molecule has 0 aromatic rings. The average Bonchev–Trinajstić information content (AvgIpc) is 2.26. The van der Waals surface area contributed by atoms with E-state index in [0.29, 0.717) is 12.5 Å². The van der Waals surface area contributed by atoms with Crippen molar-refractivity contribution in [2.45, 2.75) is 38.1 Å². The smallest absolute Gasteiger partial charge is 0.394 e. The number of hydrogen-bond donors (Lipinski definition) is 3. The summed E-state index contributed by atoms with van der Waals surface area (Å²) in [6, 6.07) is -0.186. The lowest BCUT2D eigenvalue weighted by Gasteiger charge is -2.29. The maximum atomic E-state index is 11.0. The molecule has 0 unspecified atom stereocenters. The fourth-order valence-corrected chi connectivity index (χ4v) is 2.14. The summed E-state index contributed by atoms with van der Waals surface area (Å²) in [6.07, 6.45) is 5.57. The molecule has 5 nitrogen and oxygen atoms in total. The van der Waals surface area contributed by atoms with Crippen molar-refractivity contribution in [1.82, 2.24) is 5.32 Å². The SMILES string of the molecule is NC[C@H](NC(=O)C(=O)O)C1CCCCC1. The van der Waals surface area contributed by atoms with Crippen molar-refractivity contribution in [3.8, 4) is 0 Å². The van der Waals surface area contributed by atoms with Crippen LogP contribution in [0.3, 0.4) is 0 Å². The first kappa shape index (κ1) is 12.0. The van der Waals surface area contributed by atoms with Gasteiger partial charge in [0.2, 0.25) is 0 Å². The predicted octanol–water partition coefficient (Wildman–Crippen LogP) is 0.0948. The number of carboxylic acid groups (broad SMARTS) is 1. The summed E-state index contributed by atoms with van der Waals surface area (Å²) in [5.74, 6) is -2.05. The molecular formula is C10H18N2O3. The van der Waals surface area contributed by atoms with Crippen LogP contribution < -0.4 is 11.1 Å². The van der Waals surface area contributed by atoms with E-state index in [1.54, 1.807) is 0 Å². The van der Waals surface area contributed by atoms with E-state index in [2.05, 4.69) is 5.32 Å². The molecule has 4 N–H and O–H groups in total. The number of hydrogen-bond acceptors (Lipinski definition) is 3. The average molecular weight is 214 g/mol. The Labute approximate surface area is 89.0 Å². The molecule has 0 aliphatic heterocycles. The van der Waals surface area contributed by atoms with E-state index in [-0.39, 0.29) is 6.04 Å². The normalized spacial score (nSPS) is 19.5. The minimum absolute atomic E-state index is 0.186. The Hall–Kier alpha value is -1.10. The molecule has 15 heavy (non-hydrogen) atoms. The first-order valence-corrected chi connectivity index (χ1v) is 5.39. The molecule has 1 fully saturated rings. The predicted molar refractivity (Wildman–Crippen MR) is 55.2 cm³/mol. The molecule has 86 valence electrons. The zero-order valence-electron chi connectivity index (χ0n) is 8.74. The lowest BCUT2D eigenvalue weighted by molar-refractivity contribution is -0.150. The second kappa shape index (κ2) is 5.70. The van der Waals surface area contributed by atoms with Gasteiger partial charge in [-0.15, -0.1) is 0 Å². The minimum atomic E-state index is -1.44. The Balaban J connectivity index is 2.46. The summed E-state index contributed by atoms with van der Waals surface area (Å²) in [4.78, 5) is 21.4. The van der Waals surface area contributed by atoms with Crippen LogP contribution in [-0.2, 0) is 9.59 Å². The van der Waals surface area contributed by atoms with Crippen LogP contribution in [0.2, 0.25) is 0 Å². The third kappa shape index (κ3) is 3.51. The third-order valence-corrected chi connectivity index (χ3v) is 2.98. The van der Waals surface area contributed by atoms with E-state index < -0.39 is 11.9 Å². The Bertz CT molecular complexity index is 237. The highest BCUT2D eigenvalue weighted by molar-refractivity contribution is 6.31. The Kier molecular flexibility index (Phi) is 4.55. The molecule has 0 aromatic heterocycles. The Morgan fingerprint density at radius 3 is 2.40 bits per heavy atom. The van der Waals surface area contributed by atoms with E-state index in [4.69, 9.17) is 10.8 Å². The largest absolute Gasteiger partial charge is 0.474 e. The van der Waals surface area contributed by atoms with Gasteiger partial charge in [0.15, 0.2) is 0 Å². The molecule has 1 aliphatic carbocycles. The number of rotatable bonds is 3. The van der Waals surface area contributed by atoms with Crippen LogP contribution in [0.5, 0.6) is 0 Å². The second-order valence-electron chi connectivity index (χ2n) is 4.02. The number of carboxylic acids is 1. The van der Waals surface area contributed by atoms with Crippen LogP contribution in [-0.4, -0.2) is 29.6 Å². The molecule has 1 saturated carbocycles. The molecule has 0 saturated heterocycles. The highest BCUT2D eigenvalue weighted by Crippen LogP contribution is 2.26. The summed E-state index contributed by atoms with van der Waals surface area (Å²) in [5.41, 5.74) is 5.54. The van der Waals surface area contributed by atoms with Crippen molar-refractivity contribution in [1.29, 1.82) is 0 Å². The molecule has 5 heteroatoms. The standard InChI is InChI=1S/C10H18N2O3/c11-6-8(12-9(13)10(14)15)7-4-2-1-3-5-7/h7-8H,1-6,11H2,(H,12,13)(H,14,15)/t8-/m0/s1. The van der Waals surface area contributed by atoms with Gasteiger partial charge in [0, 0.05) is 12.6 Å². The van der Waals surface area contributed by atoms with Crippen LogP contribution in [0, 0.1) is 5.92 Å². The Morgan fingerprint density at radius 2 is 1.93 bits per heavy atom. The molecule has 0 heterocycles. The van der Waals surface area contributed by atoms with Gasteiger partial charge in [-0.25, -0.2) is 4.79 Å². The number of nitrogens with one attached hydrogen (secondary N) is 1. The zero-order valence-corrected chi connectivity index (χ0v) is 8.74. The van der Waals surface area contributed by atoms with Crippen molar-refractivity contribution in [3.05, 3.63) is 0 Å². The topological polar surface area (TPSA) is 92.4 Å². The summed E-state index contributed by atoms with van der Waals surface area (Å²) in [7, 11) is 0. The van der Waals surface area contributed by atoms with Gasteiger partial charge in [-0.3, -0.25) is 4.79 Å². The van der Waals surface area contributed by atoms with E-state index >= 15 is 0 Å². The number of nitrogens with two attached hydrogens (primary N) is 1.